The van der Waals surface area contributed by atoms with Crippen LogP contribution in [0.25, 0.3) is 0 Å². The number of ether oxygens (including phenoxy) is 5. The smallest absolute Gasteiger partial charge is 0.338 e. The first-order valence-electron chi connectivity index (χ1n) is 14.5. The van der Waals surface area contributed by atoms with Gasteiger partial charge in [0.25, 0.3) is 0 Å². The minimum Gasteiger partial charge on any atom is -0.459 e. The number of esters is 4. The summed E-state index contributed by atoms with van der Waals surface area (Å²) in [4.78, 5) is 52.0. The highest BCUT2D eigenvalue weighted by atomic mass is 16.6. The molecule has 1 heterocycles. The van der Waals surface area contributed by atoms with Crippen LogP contribution in [0.1, 0.15) is 68.7 Å². The lowest BCUT2D eigenvalue weighted by Gasteiger charge is -2.66. The molecule has 0 unspecified atom stereocenters. The normalized spacial score (nSPS) is 36.8. The van der Waals surface area contributed by atoms with Crippen molar-refractivity contribution in [3.8, 4) is 0 Å². The third kappa shape index (κ3) is 4.69. The summed E-state index contributed by atoms with van der Waals surface area (Å²) in [6.07, 6.45) is -7.41. The van der Waals surface area contributed by atoms with Crippen LogP contribution in [0.15, 0.2) is 60.7 Å². The Kier molecular flexibility index (Phi) is 7.89. The topological polar surface area (TPSA) is 155 Å². The fraction of sp³-hybridized carbons (Fsp3) is 0.515. The van der Waals surface area contributed by atoms with Crippen molar-refractivity contribution < 1.29 is 53.1 Å². The van der Waals surface area contributed by atoms with Crippen molar-refractivity contribution in [2.75, 3.05) is 0 Å². The lowest BCUT2D eigenvalue weighted by molar-refractivity contribution is -0.368. The van der Waals surface area contributed by atoms with Crippen molar-refractivity contribution in [1.82, 2.24) is 0 Å². The van der Waals surface area contributed by atoms with Crippen molar-refractivity contribution in [3.05, 3.63) is 71.8 Å². The number of hydrogen-bond acceptors (Lipinski definition) is 11. The minimum absolute atomic E-state index is 0.0577. The second kappa shape index (κ2) is 11.0. The molecule has 3 fully saturated rings. The van der Waals surface area contributed by atoms with Gasteiger partial charge in [-0.05, 0) is 58.4 Å². The number of hydrogen-bond donors (Lipinski definition) is 2. The molecule has 2 N–H and O–H groups in total. The SMILES string of the molecule is CC(=O)O[C@@H]1[C@H]2C[C@H](OC(=O)c3ccccc3)[C@@]3(C)[C@@H](OC(=O)c4ccccc4)[C@H](O)[C@H](OC(C)=O)[C@](C)(O)[C@@]13OC2(C)C. The molecule has 2 aromatic carbocycles. The number of rotatable bonds is 6. The summed E-state index contributed by atoms with van der Waals surface area (Å²) in [5.41, 5.74) is -6.76. The first-order valence-corrected chi connectivity index (χ1v) is 14.5. The quantitative estimate of drug-likeness (QED) is 0.366. The molecule has 1 spiro atoms. The predicted molar refractivity (Wildman–Crippen MR) is 153 cm³/mol. The lowest BCUT2D eigenvalue weighted by Crippen LogP contribution is -2.85. The van der Waals surface area contributed by atoms with Gasteiger partial charge in [0.2, 0.25) is 0 Å². The number of carbonyl (C=O) groups is 4. The zero-order chi connectivity index (χ0) is 32.2. The van der Waals surface area contributed by atoms with Gasteiger partial charge in [0.1, 0.15) is 30.0 Å². The summed E-state index contributed by atoms with van der Waals surface area (Å²) >= 11 is 0. The summed E-state index contributed by atoms with van der Waals surface area (Å²) < 4.78 is 30.4. The summed E-state index contributed by atoms with van der Waals surface area (Å²) in [5.74, 6) is -3.67. The van der Waals surface area contributed by atoms with Crippen LogP contribution in [0.3, 0.4) is 0 Å². The van der Waals surface area contributed by atoms with Gasteiger partial charge in [-0.3, -0.25) is 9.59 Å². The van der Waals surface area contributed by atoms with Crippen molar-refractivity contribution >= 4 is 23.9 Å². The van der Waals surface area contributed by atoms with Crippen molar-refractivity contribution in [2.24, 2.45) is 11.3 Å². The Morgan fingerprint density at radius 3 is 1.70 bits per heavy atom. The Morgan fingerprint density at radius 2 is 1.20 bits per heavy atom. The first kappa shape index (κ1) is 31.6. The van der Waals surface area contributed by atoms with E-state index in [0.717, 1.165) is 6.92 Å². The molecule has 0 aromatic heterocycles. The summed E-state index contributed by atoms with van der Waals surface area (Å²) in [7, 11) is 0. The van der Waals surface area contributed by atoms with E-state index >= 15 is 0 Å². The lowest BCUT2D eigenvalue weighted by atomic mass is 9.46. The van der Waals surface area contributed by atoms with Crippen molar-refractivity contribution in [3.63, 3.8) is 0 Å². The number of aliphatic hydroxyl groups is 2. The molecule has 1 aliphatic heterocycles. The molecule has 2 aromatic rings. The summed E-state index contributed by atoms with van der Waals surface area (Å²) in [6, 6.07) is 16.3. The van der Waals surface area contributed by atoms with Gasteiger partial charge in [-0.1, -0.05) is 36.4 Å². The van der Waals surface area contributed by atoms with E-state index in [4.69, 9.17) is 23.7 Å². The van der Waals surface area contributed by atoms with E-state index in [2.05, 4.69) is 0 Å². The first-order chi connectivity index (χ1) is 20.6. The Balaban J connectivity index is 1.75. The van der Waals surface area contributed by atoms with Gasteiger partial charge in [-0.15, -0.1) is 0 Å². The molecular weight excluding hydrogens is 572 g/mol. The monoisotopic (exact) mass is 610 g/mol. The van der Waals surface area contributed by atoms with E-state index in [1.54, 1.807) is 69.3 Å². The molecule has 44 heavy (non-hydrogen) atoms. The molecule has 1 saturated heterocycles. The Labute approximate surface area is 255 Å². The second-order valence-corrected chi connectivity index (χ2v) is 12.7. The fourth-order valence-electron chi connectivity index (χ4n) is 7.72. The van der Waals surface area contributed by atoms with Crippen LogP contribution < -0.4 is 0 Å². The summed E-state index contributed by atoms with van der Waals surface area (Å²) in [6.45, 7) is 8.69. The molecule has 11 nitrogen and oxygen atoms in total. The van der Waals surface area contributed by atoms with Gasteiger partial charge < -0.3 is 33.9 Å². The second-order valence-electron chi connectivity index (χ2n) is 12.7. The van der Waals surface area contributed by atoms with E-state index in [-0.39, 0.29) is 17.5 Å². The van der Waals surface area contributed by atoms with E-state index in [1.807, 2.05) is 0 Å². The highest BCUT2D eigenvalue weighted by Gasteiger charge is 2.86. The van der Waals surface area contributed by atoms with Crippen molar-refractivity contribution in [2.45, 2.75) is 95.3 Å². The molecule has 2 aliphatic carbocycles. The molecular formula is C33H38O11. The molecule has 2 saturated carbocycles. The Morgan fingerprint density at radius 1 is 0.727 bits per heavy atom. The molecule has 236 valence electrons. The third-order valence-corrected chi connectivity index (χ3v) is 9.63. The number of carbonyl (C=O) groups excluding carboxylic acids is 4. The highest BCUT2D eigenvalue weighted by molar-refractivity contribution is 5.90. The Bertz CT molecular complexity index is 1440. The Hall–Kier alpha value is -3.80. The van der Waals surface area contributed by atoms with Crippen LogP contribution in [-0.4, -0.2) is 81.4 Å². The van der Waals surface area contributed by atoms with Gasteiger partial charge in [-0.2, -0.15) is 0 Å². The predicted octanol–water partition coefficient (Wildman–Crippen LogP) is 3.00. The maximum atomic E-state index is 13.6. The number of aliphatic hydroxyl groups excluding tert-OH is 1. The average Bonchev–Trinajstić information content (AvgIpc) is 3.15. The molecule has 3 aliphatic rings. The molecule has 9 atom stereocenters. The average molecular weight is 611 g/mol. The van der Waals surface area contributed by atoms with E-state index in [0.29, 0.717) is 0 Å². The fourth-order valence-corrected chi connectivity index (χ4v) is 7.72. The standard InChI is InChI=1S/C33H38O11/c1-18(34)40-25-22-17-23(42-28(37)20-13-9-7-10-14-20)31(5)26(43-29(38)21-15-11-8-12-16-21)24(36)27(41-19(2)35)32(6,39)33(25,31)44-30(22,3)4/h7-16,22-27,36,39H,17H2,1-6H3/t22-,23+,24+,25-,26+,27+,31+,32+,33-/m1/s1. The van der Waals surface area contributed by atoms with Gasteiger partial charge in [0.15, 0.2) is 11.7 Å². The van der Waals surface area contributed by atoms with Gasteiger partial charge in [-0.25, -0.2) is 9.59 Å². The molecule has 11 heteroatoms. The summed E-state index contributed by atoms with van der Waals surface area (Å²) in [5, 5.41) is 24.4. The number of fused-ring (bicyclic) bond motifs is 1. The van der Waals surface area contributed by atoms with Crippen LogP contribution in [0.4, 0.5) is 0 Å². The highest BCUT2D eigenvalue weighted by Crippen LogP contribution is 2.69. The maximum Gasteiger partial charge on any atom is 0.338 e. The minimum atomic E-state index is -2.27. The van der Waals surface area contributed by atoms with Gasteiger partial charge in [0, 0.05) is 19.8 Å². The third-order valence-electron chi connectivity index (χ3n) is 9.63. The number of benzene rings is 2. The zero-order valence-corrected chi connectivity index (χ0v) is 25.5. The van der Waals surface area contributed by atoms with Crippen LogP contribution in [0, 0.1) is 11.3 Å². The largest absolute Gasteiger partial charge is 0.459 e. The molecule has 2 bridgehead atoms. The maximum absolute atomic E-state index is 13.6. The van der Waals surface area contributed by atoms with Crippen molar-refractivity contribution in [1.29, 1.82) is 0 Å². The van der Waals surface area contributed by atoms with Gasteiger partial charge in [0.05, 0.1) is 22.1 Å². The van der Waals surface area contributed by atoms with Crippen LogP contribution in [0.5, 0.6) is 0 Å². The van der Waals surface area contributed by atoms with E-state index in [1.165, 1.54) is 26.0 Å². The van der Waals surface area contributed by atoms with Crippen LogP contribution in [0.2, 0.25) is 0 Å². The van der Waals surface area contributed by atoms with Crippen LogP contribution in [-0.2, 0) is 33.3 Å². The molecule has 0 radical (unpaired) electrons. The zero-order valence-electron chi connectivity index (χ0n) is 25.5. The van der Waals surface area contributed by atoms with E-state index in [9.17, 15) is 29.4 Å². The van der Waals surface area contributed by atoms with E-state index < -0.39 is 82.5 Å². The van der Waals surface area contributed by atoms with Crippen LogP contribution >= 0.6 is 0 Å². The molecule has 5 rings (SSSR count). The van der Waals surface area contributed by atoms with Gasteiger partial charge >= 0.3 is 23.9 Å². The molecule has 0 amide bonds.